The summed E-state index contributed by atoms with van der Waals surface area (Å²) in [7, 11) is 0. The molecule has 0 aromatic carbocycles. The van der Waals surface area contributed by atoms with Gasteiger partial charge in [-0.3, -0.25) is 4.79 Å². The molecular formula is C12H18O. The standard InChI is InChI=1S/C12H18O/c1-2-3-4-5-6-7-8-9-10-11-12-13/h2-3,6-7,10-12H,4-5,8-9H2,1H3/b3-2+,7-6+,11-10+. The van der Waals surface area contributed by atoms with Crippen molar-refractivity contribution in [1.29, 1.82) is 0 Å². The molecule has 0 fully saturated rings. The van der Waals surface area contributed by atoms with Gasteiger partial charge < -0.3 is 0 Å². The number of allylic oxidation sites excluding steroid dienone is 6. The highest BCUT2D eigenvalue weighted by atomic mass is 16.1. The van der Waals surface area contributed by atoms with Crippen molar-refractivity contribution in [3.05, 3.63) is 36.5 Å². The lowest BCUT2D eigenvalue weighted by Gasteiger charge is -1.87. The average molecular weight is 178 g/mol. The van der Waals surface area contributed by atoms with Crippen molar-refractivity contribution in [2.24, 2.45) is 0 Å². The SMILES string of the molecule is C/C=C/CC/C=C/CC/C=C/C=O. The first-order chi connectivity index (χ1) is 6.41. The van der Waals surface area contributed by atoms with Crippen LogP contribution in [0.3, 0.4) is 0 Å². The molecule has 0 aliphatic heterocycles. The number of hydrogen-bond donors (Lipinski definition) is 0. The van der Waals surface area contributed by atoms with Crippen LogP contribution in [0.1, 0.15) is 32.6 Å². The van der Waals surface area contributed by atoms with E-state index in [4.69, 9.17) is 0 Å². The molecule has 72 valence electrons. The molecule has 0 aromatic heterocycles. The van der Waals surface area contributed by atoms with E-state index < -0.39 is 0 Å². The Morgan fingerprint density at radius 1 is 0.846 bits per heavy atom. The van der Waals surface area contributed by atoms with E-state index in [1.807, 2.05) is 13.0 Å². The van der Waals surface area contributed by atoms with Crippen LogP contribution in [0.15, 0.2) is 36.5 Å². The summed E-state index contributed by atoms with van der Waals surface area (Å²) < 4.78 is 0. The first-order valence-electron chi connectivity index (χ1n) is 4.78. The average Bonchev–Trinajstić information content (AvgIpc) is 2.16. The van der Waals surface area contributed by atoms with Crippen molar-refractivity contribution in [3.8, 4) is 0 Å². The molecule has 0 atom stereocenters. The van der Waals surface area contributed by atoms with Gasteiger partial charge in [0.05, 0.1) is 0 Å². The Balaban J connectivity index is 3.21. The number of unbranched alkanes of at least 4 members (excludes halogenated alkanes) is 2. The van der Waals surface area contributed by atoms with Gasteiger partial charge in [-0.1, -0.05) is 30.4 Å². The molecule has 1 heteroatoms. The molecule has 0 aliphatic carbocycles. The molecule has 0 spiro atoms. The van der Waals surface area contributed by atoms with Gasteiger partial charge in [0, 0.05) is 0 Å². The largest absolute Gasteiger partial charge is 0.299 e. The molecule has 0 aliphatic rings. The fraction of sp³-hybridized carbons (Fsp3) is 0.417. The van der Waals surface area contributed by atoms with Crippen LogP contribution < -0.4 is 0 Å². The Labute approximate surface area is 80.8 Å². The van der Waals surface area contributed by atoms with Gasteiger partial charge in [0.15, 0.2) is 0 Å². The maximum absolute atomic E-state index is 9.90. The van der Waals surface area contributed by atoms with Crippen molar-refractivity contribution < 1.29 is 4.79 Å². The minimum Gasteiger partial charge on any atom is -0.299 e. The highest BCUT2D eigenvalue weighted by Gasteiger charge is 1.77. The van der Waals surface area contributed by atoms with Crippen molar-refractivity contribution in [2.75, 3.05) is 0 Å². The number of hydrogen-bond acceptors (Lipinski definition) is 1. The molecule has 0 saturated heterocycles. The Morgan fingerprint density at radius 3 is 1.92 bits per heavy atom. The zero-order valence-corrected chi connectivity index (χ0v) is 8.28. The summed E-state index contributed by atoms with van der Waals surface area (Å²) in [4.78, 5) is 9.90. The van der Waals surface area contributed by atoms with Crippen molar-refractivity contribution in [3.63, 3.8) is 0 Å². The van der Waals surface area contributed by atoms with Crippen LogP contribution >= 0.6 is 0 Å². The summed E-state index contributed by atoms with van der Waals surface area (Å²) in [5.41, 5.74) is 0. The predicted octanol–water partition coefficient (Wildman–Crippen LogP) is 3.43. The topological polar surface area (TPSA) is 17.1 Å². The summed E-state index contributed by atoms with van der Waals surface area (Å²) in [6.45, 7) is 2.04. The lowest BCUT2D eigenvalue weighted by atomic mass is 10.2. The van der Waals surface area contributed by atoms with E-state index in [1.165, 1.54) is 0 Å². The second kappa shape index (κ2) is 10.9. The Morgan fingerprint density at radius 2 is 1.38 bits per heavy atom. The molecule has 13 heavy (non-hydrogen) atoms. The third-order valence-corrected chi connectivity index (χ3v) is 1.62. The summed E-state index contributed by atoms with van der Waals surface area (Å²) in [6, 6.07) is 0. The molecule has 0 unspecified atom stereocenters. The summed E-state index contributed by atoms with van der Waals surface area (Å²) in [5, 5.41) is 0. The fourth-order valence-electron chi connectivity index (χ4n) is 0.939. The van der Waals surface area contributed by atoms with Gasteiger partial charge in [-0.2, -0.15) is 0 Å². The highest BCUT2D eigenvalue weighted by molar-refractivity contribution is 5.64. The van der Waals surface area contributed by atoms with Crippen LogP contribution in [0, 0.1) is 0 Å². The van der Waals surface area contributed by atoms with Crippen molar-refractivity contribution >= 4 is 6.29 Å². The van der Waals surface area contributed by atoms with E-state index in [2.05, 4.69) is 24.3 Å². The van der Waals surface area contributed by atoms with Crippen LogP contribution in [0.4, 0.5) is 0 Å². The Bertz CT molecular complexity index is 187. The summed E-state index contributed by atoms with van der Waals surface area (Å²) in [5.74, 6) is 0. The molecule has 0 heterocycles. The molecule has 1 nitrogen and oxygen atoms in total. The molecule has 0 amide bonds. The zero-order valence-electron chi connectivity index (χ0n) is 8.28. The highest BCUT2D eigenvalue weighted by Crippen LogP contribution is 1.97. The normalized spacial score (nSPS) is 12.1. The van der Waals surface area contributed by atoms with Crippen LogP contribution in [-0.4, -0.2) is 6.29 Å². The van der Waals surface area contributed by atoms with Crippen molar-refractivity contribution in [1.82, 2.24) is 0 Å². The van der Waals surface area contributed by atoms with Gasteiger partial charge in [-0.15, -0.1) is 0 Å². The van der Waals surface area contributed by atoms with Crippen LogP contribution in [-0.2, 0) is 4.79 Å². The van der Waals surface area contributed by atoms with Gasteiger partial charge in [-0.25, -0.2) is 0 Å². The van der Waals surface area contributed by atoms with E-state index in [0.717, 1.165) is 32.0 Å². The van der Waals surface area contributed by atoms with E-state index in [1.54, 1.807) is 6.08 Å². The fourth-order valence-corrected chi connectivity index (χ4v) is 0.939. The smallest absolute Gasteiger partial charge is 0.142 e. The van der Waals surface area contributed by atoms with Crippen LogP contribution in [0.5, 0.6) is 0 Å². The second-order valence-electron chi connectivity index (χ2n) is 2.76. The number of carbonyl (C=O) groups is 1. The molecular weight excluding hydrogens is 160 g/mol. The maximum Gasteiger partial charge on any atom is 0.142 e. The van der Waals surface area contributed by atoms with Crippen LogP contribution in [0.2, 0.25) is 0 Å². The van der Waals surface area contributed by atoms with Gasteiger partial charge >= 0.3 is 0 Å². The van der Waals surface area contributed by atoms with E-state index in [0.29, 0.717) is 0 Å². The molecule has 0 aromatic rings. The molecule has 0 N–H and O–H groups in total. The number of rotatable bonds is 7. The first kappa shape index (κ1) is 11.9. The van der Waals surface area contributed by atoms with Gasteiger partial charge in [0.2, 0.25) is 0 Å². The molecule has 0 radical (unpaired) electrons. The number of aldehydes is 1. The third-order valence-electron chi connectivity index (χ3n) is 1.62. The van der Waals surface area contributed by atoms with Gasteiger partial charge in [-0.05, 0) is 38.7 Å². The van der Waals surface area contributed by atoms with Crippen molar-refractivity contribution in [2.45, 2.75) is 32.6 Å². The minimum atomic E-state index is 0.815. The molecule has 0 rings (SSSR count). The van der Waals surface area contributed by atoms with Gasteiger partial charge in [0.1, 0.15) is 6.29 Å². The van der Waals surface area contributed by atoms with E-state index in [-0.39, 0.29) is 0 Å². The van der Waals surface area contributed by atoms with Gasteiger partial charge in [0.25, 0.3) is 0 Å². The zero-order chi connectivity index (χ0) is 9.78. The molecule has 0 saturated carbocycles. The number of carbonyl (C=O) groups excluding carboxylic acids is 1. The second-order valence-corrected chi connectivity index (χ2v) is 2.76. The maximum atomic E-state index is 9.90. The minimum absolute atomic E-state index is 0.815. The van der Waals surface area contributed by atoms with Crippen LogP contribution in [0.25, 0.3) is 0 Å². The monoisotopic (exact) mass is 178 g/mol. The third kappa shape index (κ3) is 10.9. The lowest BCUT2D eigenvalue weighted by Crippen LogP contribution is -1.68. The predicted molar refractivity (Wildman–Crippen MR) is 57.6 cm³/mol. The Hall–Kier alpha value is -1.11. The Kier molecular flexibility index (Phi) is 9.96. The van der Waals surface area contributed by atoms with E-state index in [9.17, 15) is 4.79 Å². The summed E-state index contributed by atoms with van der Waals surface area (Å²) >= 11 is 0. The summed E-state index contributed by atoms with van der Waals surface area (Å²) in [6.07, 6.45) is 17.1. The quantitative estimate of drug-likeness (QED) is 0.252. The first-order valence-corrected chi connectivity index (χ1v) is 4.78. The van der Waals surface area contributed by atoms with E-state index >= 15 is 0 Å². The molecule has 0 bridgehead atoms. The lowest BCUT2D eigenvalue weighted by molar-refractivity contribution is -0.104.